The molecule has 1 aliphatic heterocycles. The molecule has 0 saturated carbocycles. The van der Waals surface area contributed by atoms with Crippen LogP contribution in [0.1, 0.15) is 21.7 Å². The third kappa shape index (κ3) is 3.38. The quantitative estimate of drug-likeness (QED) is 0.658. The lowest BCUT2D eigenvalue weighted by atomic mass is 10.1. The van der Waals surface area contributed by atoms with Crippen molar-refractivity contribution in [2.24, 2.45) is 0 Å². The van der Waals surface area contributed by atoms with Crippen molar-refractivity contribution in [2.45, 2.75) is 13.8 Å². The standard InChI is InChI=1S/C20H24N6O2/c1-14-11-16(15(2)26(14)20-21-13-22-23-20)19(28)12-24-7-9-25(10-8-24)17-5-3-4-6-18(17)27/h3-6,11,13,27H,7-10,12H2,1-2H3,(H,21,22,23). The third-order valence-electron chi connectivity index (χ3n) is 5.31. The molecule has 4 rings (SSSR count). The molecule has 146 valence electrons. The van der Waals surface area contributed by atoms with Gasteiger partial charge < -0.3 is 10.0 Å². The van der Waals surface area contributed by atoms with E-state index in [0.29, 0.717) is 18.2 Å². The van der Waals surface area contributed by atoms with E-state index in [1.807, 2.05) is 42.7 Å². The van der Waals surface area contributed by atoms with Crippen LogP contribution in [0.15, 0.2) is 36.7 Å². The normalized spacial score (nSPS) is 15.1. The van der Waals surface area contributed by atoms with E-state index >= 15 is 0 Å². The number of rotatable bonds is 5. The number of piperazine rings is 1. The van der Waals surface area contributed by atoms with E-state index < -0.39 is 0 Å². The number of carbonyl (C=O) groups is 1. The second-order valence-corrected chi connectivity index (χ2v) is 7.10. The van der Waals surface area contributed by atoms with Crippen LogP contribution in [0.5, 0.6) is 5.75 Å². The maximum Gasteiger partial charge on any atom is 0.229 e. The molecule has 0 spiro atoms. The van der Waals surface area contributed by atoms with Gasteiger partial charge in [-0.3, -0.25) is 14.3 Å². The van der Waals surface area contributed by atoms with E-state index in [0.717, 1.165) is 48.8 Å². The lowest BCUT2D eigenvalue weighted by Gasteiger charge is -2.35. The molecule has 8 heteroatoms. The van der Waals surface area contributed by atoms with Crippen molar-refractivity contribution in [3.63, 3.8) is 0 Å². The van der Waals surface area contributed by atoms with Gasteiger partial charge in [-0.1, -0.05) is 12.1 Å². The fourth-order valence-electron chi connectivity index (χ4n) is 3.84. The van der Waals surface area contributed by atoms with Gasteiger partial charge in [0.05, 0.1) is 12.2 Å². The molecule has 28 heavy (non-hydrogen) atoms. The molecule has 1 saturated heterocycles. The number of phenols is 1. The van der Waals surface area contributed by atoms with Crippen molar-refractivity contribution in [2.75, 3.05) is 37.6 Å². The van der Waals surface area contributed by atoms with E-state index in [4.69, 9.17) is 0 Å². The second-order valence-electron chi connectivity index (χ2n) is 7.10. The molecule has 3 heterocycles. The number of aromatic hydroxyl groups is 1. The van der Waals surface area contributed by atoms with Crippen LogP contribution in [-0.4, -0.2) is 68.3 Å². The zero-order chi connectivity index (χ0) is 19.7. The highest BCUT2D eigenvalue weighted by atomic mass is 16.3. The number of Topliss-reactive ketones (excluding diaryl/α,β-unsaturated/α-hetero) is 1. The van der Waals surface area contributed by atoms with Gasteiger partial charge >= 0.3 is 0 Å². The Labute approximate surface area is 163 Å². The lowest BCUT2D eigenvalue weighted by Crippen LogP contribution is -2.48. The summed E-state index contributed by atoms with van der Waals surface area (Å²) in [6.07, 6.45) is 1.46. The van der Waals surface area contributed by atoms with Crippen molar-refractivity contribution in [1.82, 2.24) is 24.6 Å². The molecule has 0 bridgehead atoms. The highest BCUT2D eigenvalue weighted by Crippen LogP contribution is 2.27. The molecule has 3 aromatic rings. The van der Waals surface area contributed by atoms with E-state index in [1.165, 1.54) is 6.33 Å². The SMILES string of the molecule is Cc1cc(C(=O)CN2CCN(c3ccccc3O)CC2)c(C)n1-c1ncn[nH]1. The number of aromatic amines is 1. The number of nitrogens with one attached hydrogen (secondary N) is 1. The highest BCUT2D eigenvalue weighted by Gasteiger charge is 2.23. The number of hydrogen-bond acceptors (Lipinski definition) is 6. The molecule has 8 nitrogen and oxygen atoms in total. The molecule has 0 atom stereocenters. The number of phenolic OH excluding ortho intramolecular Hbond substituents is 1. The van der Waals surface area contributed by atoms with Crippen molar-refractivity contribution < 1.29 is 9.90 Å². The number of nitrogens with zero attached hydrogens (tertiary/aromatic N) is 5. The van der Waals surface area contributed by atoms with Crippen molar-refractivity contribution in [1.29, 1.82) is 0 Å². The van der Waals surface area contributed by atoms with Crippen LogP contribution < -0.4 is 4.90 Å². The number of ketones is 1. The van der Waals surface area contributed by atoms with Crippen LogP contribution in [0.2, 0.25) is 0 Å². The van der Waals surface area contributed by atoms with Crippen LogP contribution >= 0.6 is 0 Å². The number of para-hydroxylation sites is 2. The zero-order valence-electron chi connectivity index (χ0n) is 16.1. The molecule has 1 aliphatic rings. The van der Waals surface area contributed by atoms with Gasteiger partial charge in [0, 0.05) is 43.1 Å². The fraction of sp³-hybridized carbons (Fsp3) is 0.350. The minimum absolute atomic E-state index is 0.106. The van der Waals surface area contributed by atoms with Crippen molar-refractivity contribution in [3.05, 3.63) is 53.6 Å². The van der Waals surface area contributed by atoms with Gasteiger partial charge in [-0.2, -0.15) is 10.1 Å². The molecule has 0 amide bonds. The number of benzene rings is 1. The summed E-state index contributed by atoms with van der Waals surface area (Å²) in [6.45, 7) is 7.39. The fourth-order valence-corrected chi connectivity index (χ4v) is 3.84. The monoisotopic (exact) mass is 380 g/mol. The Morgan fingerprint density at radius 2 is 1.93 bits per heavy atom. The number of H-pyrrole nitrogens is 1. The van der Waals surface area contributed by atoms with Crippen LogP contribution in [0.4, 0.5) is 5.69 Å². The maximum atomic E-state index is 12.9. The van der Waals surface area contributed by atoms with Crippen molar-refractivity contribution >= 4 is 11.5 Å². The van der Waals surface area contributed by atoms with E-state index in [1.54, 1.807) is 6.07 Å². The predicted molar refractivity (Wildman–Crippen MR) is 106 cm³/mol. The topological polar surface area (TPSA) is 90.3 Å². The van der Waals surface area contributed by atoms with Gasteiger partial charge in [-0.15, -0.1) is 0 Å². The Hall–Kier alpha value is -3.13. The largest absolute Gasteiger partial charge is 0.506 e. The van der Waals surface area contributed by atoms with Crippen LogP contribution in [0.25, 0.3) is 5.95 Å². The van der Waals surface area contributed by atoms with Crippen LogP contribution in [-0.2, 0) is 0 Å². The summed E-state index contributed by atoms with van der Waals surface area (Å²) in [5, 5.41) is 16.8. The van der Waals surface area contributed by atoms with Gasteiger partial charge in [0.1, 0.15) is 12.1 Å². The lowest BCUT2D eigenvalue weighted by molar-refractivity contribution is 0.0925. The molecule has 0 radical (unpaired) electrons. The minimum atomic E-state index is 0.106. The molecule has 1 aromatic carbocycles. The summed E-state index contributed by atoms with van der Waals surface area (Å²) in [4.78, 5) is 21.4. The summed E-state index contributed by atoms with van der Waals surface area (Å²) in [5.41, 5.74) is 3.38. The van der Waals surface area contributed by atoms with Gasteiger partial charge in [-0.25, -0.2) is 5.10 Å². The first kappa shape index (κ1) is 18.2. The first-order valence-corrected chi connectivity index (χ1v) is 9.38. The average Bonchev–Trinajstić information content (AvgIpc) is 3.30. The highest BCUT2D eigenvalue weighted by molar-refractivity contribution is 5.99. The Morgan fingerprint density at radius 3 is 2.61 bits per heavy atom. The number of aryl methyl sites for hydroxylation is 1. The first-order chi connectivity index (χ1) is 13.5. The van der Waals surface area contributed by atoms with Gasteiger partial charge in [0.15, 0.2) is 5.78 Å². The van der Waals surface area contributed by atoms with Gasteiger partial charge in [0.25, 0.3) is 0 Å². The summed E-state index contributed by atoms with van der Waals surface area (Å²) in [5.74, 6) is 1.02. The number of carbonyl (C=O) groups excluding carboxylic acids is 1. The second kappa shape index (κ2) is 7.47. The first-order valence-electron chi connectivity index (χ1n) is 9.38. The molecule has 0 unspecified atom stereocenters. The van der Waals surface area contributed by atoms with Gasteiger partial charge in [0.2, 0.25) is 5.95 Å². The average molecular weight is 380 g/mol. The molecular formula is C20H24N6O2. The van der Waals surface area contributed by atoms with Gasteiger partial charge in [-0.05, 0) is 32.0 Å². The Kier molecular flexibility index (Phi) is 4.87. The van der Waals surface area contributed by atoms with Crippen LogP contribution in [0.3, 0.4) is 0 Å². The van der Waals surface area contributed by atoms with Crippen molar-refractivity contribution in [3.8, 4) is 11.7 Å². The predicted octanol–water partition coefficient (Wildman–Crippen LogP) is 1.92. The number of aromatic nitrogens is 4. The van der Waals surface area contributed by atoms with Crippen LogP contribution in [0, 0.1) is 13.8 Å². The Morgan fingerprint density at radius 1 is 1.18 bits per heavy atom. The molecule has 1 fully saturated rings. The Balaban J connectivity index is 1.42. The number of anilines is 1. The summed E-state index contributed by atoms with van der Waals surface area (Å²) in [7, 11) is 0. The third-order valence-corrected chi connectivity index (χ3v) is 5.31. The smallest absolute Gasteiger partial charge is 0.229 e. The Bertz CT molecular complexity index is 971. The maximum absolute atomic E-state index is 12.9. The van der Waals surface area contributed by atoms with E-state index in [9.17, 15) is 9.90 Å². The minimum Gasteiger partial charge on any atom is -0.506 e. The van der Waals surface area contributed by atoms with E-state index in [-0.39, 0.29) is 5.78 Å². The summed E-state index contributed by atoms with van der Waals surface area (Å²) < 4.78 is 1.91. The molecule has 2 aromatic heterocycles. The molecule has 0 aliphatic carbocycles. The molecule has 2 N–H and O–H groups in total. The number of hydrogen-bond donors (Lipinski definition) is 2. The summed E-state index contributed by atoms with van der Waals surface area (Å²) in [6, 6.07) is 9.29. The van der Waals surface area contributed by atoms with E-state index in [2.05, 4.69) is 25.0 Å². The summed E-state index contributed by atoms with van der Waals surface area (Å²) >= 11 is 0. The zero-order valence-corrected chi connectivity index (χ0v) is 16.1. The molecular weight excluding hydrogens is 356 g/mol.